The van der Waals surface area contributed by atoms with Crippen LogP contribution in [0, 0.1) is 12.8 Å². The van der Waals surface area contributed by atoms with E-state index in [0.717, 1.165) is 15.4 Å². The molecule has 2 amide bonds. The Labute approximate surface area is 255 Å². The molecule has 0 saturated carbocycles. The van der Waals surface area contributed by atoms with Gasteiger partial charge in [-0.2, -0.15) is 0 Å². The van der Waals surface area contributed by atoms with Gasteiger partial charge in [0, 0.05) is 19.2 Å². The summed E-state index contributed by atoms with van der Waals surface area (Å²) in [5.74, 6) is 0.119. The molecule has 10 heteroatoms. The molecule has 9 nitrogen and oxygen atoms in total. The molecule has 3 rings (SSSR count). The van der Waals surface area contributed by atoms with E-state index in [1.54, 1.807) is 24.3 Å². The Bertz CT molecular complexity index is 1460. The van der Waals surface area contributed by atoms with Crippen molar-refractivity contribution in [1.82, 2.24) is 10.2 Å². The average Bonchev–Trinajstić information content (AvgIpc) is 3.01. The average molecular weight is 610 g/mol. The number of nitrogens with one attached hydrogen (secondary N) is 1. The largest absolute Gasteiger partial charge is 0.493 e. The highest BCUT2D eigenvalue weighted by Gasteiger charge is 2.34. The summed E-state index contributed by atoms with van der Waals surface area (Å²) < 4.78 is 40.0. The van der Waals surface area contributed by atoms with Gasteiger partial charge in [0.25, 0.3) is 10.0 Å². The maximum Gasteiger partial charge on any atom is 0.264 e. The molecule has 0 spiro atoms. The van der Waals surface area contributed by atoms with Crippen LogP contribution >= 0.6 is 0 Å². The van der Waals surface area contributed by atoms with E-state index < -0.39 is 28.5 Å². The predicted octanol–water partition coefficient (Wildman–Crippen LogP) is 4.83. The molecule has 0 bridgehead atoms. The zero-order valence-corrected chi connectivity index (χ0v) is 26.7. The normalized spacial score (nSPS) is 12.0. The number of nitrogens with zero attached hydrogens (tertiary/aromatic N) is 2. The lowest BCUT2D eigenvalue weighted by molar-refractivity contribution is -0.139. The van der Waals surface area contributed by atoms with Crippen molar-refractivity contribution in [1.29, 1.82) is 0 Å². The number of sulfonamides is 1. The summed E-state index contributed by atoms with van der Waals surface area (Å²) in [6, 6.07) is 20.1. The molecule has 0 fully saturated rings. The SMILES string of the molecule is CC[C@H](C(=O)NCC(C)C)N(CCc1ccccc1)C(=O)CN(c1ccc(C)cc1)S(=O)(=O)c1ccc(OC)c(OC)c1. The quantitative estimate of drug-likeness (QED) is 0.265. The van der Waals surface area contributed by atoms with E-state index in [0.29, 0.717) is 30.8 Å². The first-order valence-corrected chi connectivity index (χ1v) is 15.9. The van der Waals surface area contributed by atoms with Crippen LogP contribution in [0.5, 0.6) is 11.5 Å². The molecule has 1 atom stereocenters. The highest BCUT2D eigenvalue weighted by Crippen LogP contribution is 2.32. The van der Waals surface area contributed by atoms with Crippen LogP contribution in [0.2, 0.25) is 0 Å². The summed E-state index contributed by atoms with van der Waals surface area (Å²) in [5, 5.41) is 2.95. The standard InChI is InChI=1S/C33H43N3O6S/c1-7-29(33(38)34-22-24(2)3)35(20-19-26-11-9-8-10-12-26)32(37)23-36(27-15-13-25(4)14-16-27)43(39,40)28-17-18-30(41-5)31(21-28)42-6/h8-18,21,24,29H,7,19-20,22-23H2,1-6H3,(H,34,38)/t29-/m1/s1. The van der Waals surface area contributed by atoms with Crippen molar-refractivity contribution >= 4 is 27.5 Å². The van der Waals surface area contributed by atoms with E-state index in [-0.39, 0.29) is 29.0 Å². The van der Waals surface area contributed by atoms with Gasteiger partial charge in [-0.05, 0) is 55.5 Å². The zero-order chi connectivity index (χ0) is 31.6. The van der Waals surface area contributed by atoms with Crippen LogP contribution in [0.1, 0.15) is 38.3 Å². The van der Waals surface area contributed by atoms with Crippen LogP contribution in [-0.2, 0) is 26.0 Å². The molecular weight excluding hydrogens is 566 g/mol. The van der Waals surface area contributed by atoms with Gasteiger partial charge < -0.3 is 19.7 Å². The Morgan fingerprint density at radius 2 is 1.56 bits per heavy atom. The molecule has 3 aromatic rings. The van der Waals surface area contributed by atoms with E-state index in [1.807, 2.05) is 58.0 Å². The van der Waals surface area contributed by atoms with Crippen LogP contribution in [0.4, 0.5) is 5.69 Å². The van der Waals surface area contributed by atoms with E-state index in [2.05, 4.69) is 5.32 Å². The number of carbonyl (C=O) groups excluding carboxylic acids is 2. The molecule has 43 heavy (non-hydrogen) atoms. The molecule has 0 aliphatic rings. The lowest BCUT2D eigenvalue weighted by Crippen LogP contribution is -2.53. The molecule has 0 heterocycles. The second kappa shape index (κ2) is 15.4. The van der Waals surface area contributed by atoms with Crippen LogP contribution in [0.15, 0.2) is 77.7 Å². The number of anilines is 1. The second-order valence-electron chi connectivity index (χ2n) is 10.7. The Morgan fingerprint density at radius 1 is 0.907 bits per heavy atom. The minimum atomic E-state index is -4.24. The number of rotatable bonds is 15. The lowest BCUT2D eigenvalue weighted by atomic mass is 10.1. The van der Waals surface area contributed by atoms with Gasteiger partial charge in [0.2, 0.25) is 11.8 Å². The summed E-state index contributed by atoms with van der Waals surface area (Å²) in [5.41, 5.74) is 2.27. The highest BCUT2D eigenvalue weighted by atomic mass is 32.2. The van der Waals surface area contributed by atoms with Gasteiger partial charge in [-0.1, -0.05) is 68.8 Å². The van der Waals surface area contributed by atoms with Gasteiger partial charge >= 0.3 is 0 Å². The Balaban J connectivity index is 2.03. The number of methoxy groups -OCH3 is 2. The summed E-state index contributed by atoms with van der Waals surface area (Å²) >= 11 is 0. The van der Waals surface area contributed by atoms with Crippen molar-refractivity contribution < 1.29 is 27.5 Å². The molecule has 0 radical (unpaired) electrons. The van der Waals surface area contributed by atoms with Crippen LogP contribution in [0.25, 0.3) is 0 Å². The number of ether oxygens (including phenoxy) is 2. The number of benzene rings is 3. The molecule has 0 unspecified atom stereocenters. The van der Waals surface area contributed by atoms with Crippen molar-refractivity contribution in [3.63, 3.8) is 0 Å². The number of hydrogen-bond donors (Lipinski definition) is 1. The third-order valence-corrected chi connectivity index (χ3v) is 8.87. The fraction of sp³-hybridized carbons (Fsp3) is 0.394. The minimum Gasteiger partial charge on any atom is -0.493 e. The van der Waals surface area contributed by atoms with Gasteiger partial charge in [-0.15, -0.1) is 0 Å². The number of carbonyl (C=O) groups is 2. The first-order chi connectivity index (χ1) is 20.5. The van der Waals surface area contributed by atoms with E-state index in [4.69, 9.17) is 9.47 Å². The predicted molar refractivity (Wildman–Crippen MR) is 169 cm³/mol. The maximum absolute atomic E-state index is 14.2. The molecule has 0 saturated heterocycles. The summed E-state index contributed by atoms with van der Waals surface area (Å²) in [7, 11) is -1.35. The minimum absolute atomic E-state index is 0.0592. The molecule has 0 aliphatic carbocycles. The van der Waals surface area contributed by atoms with Gasteiger partial charge in [0.05, 0.1) is 24.8 Å². The van der Waals surface area contributed by atoms with Gasteiger partial charge in [0.15, 0.2) is 11.5 Å². The van der Waals surface area contributed by atoms with Crippen LogP contribution in [0.3, 0.4) is 0 Å². The molecule has 0 aromatic heterocycles. The highest BCUT2D eigenvalue weighted by molar-refractivity contribution is 7.92. The van der Waals surface area contributed by atoms with Gasteiger partial charge in [0.1, 0.15) is 12.6 Å². The number of amides is 2. The van der Waals surface area contributed by atoms with Gasteiger partial charge in [-0.25, -0.2) is 8.42 Å². The molecule has 1 N–H and O–H groups in total. The van der Waals surface area contributed by atoms with Crippen molar-refractivity contribution in [2.24, 2.45) is 5.92 Å². The van der Waals surface area contributed by atoms with E-state index >= 15 is 0 Å². The fourth-order valence-electron chi connectivity index (χ4n) is 4.66. The maximum atomic E-state index is 14.2. The lowest BCUT2D eigenvalue weighted by Gasteiger charge is -2.33. The topological polar surface area (TPSA) is 105 Å². The van der Waals surface area contributed by atoms with Gasteiger partial charge in [-0.3, -0.25) is 13.9 Å². The zero-order valence-electron chi connectivity index (χ0n) is 25.9. The van der Waals surface area contributed by atoms with Crippen molar-refractivity contribution in [2.75, 3.05) is 38.2 Å². The fourth-order valence-corrected chi connectivity index (χ4v) is 6.09. The number of hydrogen-bond acceptors (Lipinski definition) is 6. The first kappa shape index (κ1) is 33.5. The third-order valence-electron chi connectivity index (χ3n) is 7.10. The Hall–Kier alpha value is -4.05. The smallest absolute Gasteiger partial charge is 0.264 e. The summed E-state index contributed by atoms with van der Waals surface area (Å²) in [4.78, 5) is 28.9. The van der Waals surface area contributed by atoms with Crippen molar-refractivity contribution in [3.8, 4) is 11.5 Å². The van der Waals surface area contributed by atoms with Crippen molar-refractivity contribution in [3.05, 3.63) is 83.9 Å². The second-order valence-corrected chi connectivity index (χ2v) is 12.6. The van der Waals surface area contributed by atoms with E-state index in [9.17, 15) is 18.0 Å². The Kier molecular flexibility index (Phi) is 12.0. The monoisotopic (exact) mass is 609 g/mol. The van der Waals surface area contributed by atoms with Crippen molar-refractivity contribution in [2.45, 2.75) is 51.5 Å². The van der Waals surface area contributed by atoms with Crippen LogP contribution in [-0.4, -0.2) is 65.0 Å². The molecule has 3 aromatic carbocycles. The summed E-state index contributed by atoms with van der Waals surface area (Å²) in [6.07, 6.45) is 0.880. The van der Waals surface area contributed by atoms with E-state index in [1.165, 1.54) is 37.3 Å². The summed E-state index contributed by atoms with van der Waals surface area (Å²) in [6.45, 7) is 7.96. The van der Waals surface area contributed by atoms with Crippen LogP contribution < -0.4 is 19.1 Å². The number of aryl methyl sites for hydroxylation is 1. The first-order valence-electron chi connectivity index (χ1n) is 14.4. The molecular formula is C33H43N3O6S. The Morgan fingerprint density at radius 3 is 2.14 bits per heavy atom. The molecule has 0 aliphatic heterocycles. The molecule has 232 valence electrons. The third kappa shape index (κ3) is 8.73.